The van der Waals surface area contributed by atoms with Crippen LogP contribution in [0.3, 0.4) is 0 Å². The molecule has 0 heterocycles. The van der Waals surface area contributed by atoms with Gasteiger partial charge in [0, 0.05) is 18.6 Å². The third-order valence-electron chi connectivity index (χ3n) is 3.67. The van der Waals surface area contributed by atoms with Crippen LogP contribution in [0.5, 0.6) is 0 Å². The van der Waals surface area contributed by atoms with Crippen LogP contribution in [0.2, 0.25) is 0 Å². The minimum Gasteiger partial charge on any atom is -0.308 e. The molecule has 114 valence electrons. The average molecular weight is 276 g/mol. The molecule has 1 N–H and O–H groups in total. The summed E-state index contributed by atoms with van der Waals surface area (Å²) < 4.78 is 0. The van der Waals surface area contributed by atoms with Crippen LogP contribution in [-0.2, 0) is 0 Å². The summed E-state index contributed by atoms with van der Waals surface area (Å²) in [5, 5.41) is 3.86. The van der Waals surface area contributed by atoms with E-state index in [-0.39, 0.29) is 0 Å². The zero-order valence-electron chi connectivity index (χ0n) is 14.1. The van der Waals surface area contributed by atoms with Crippen molar-refractivity contribution in [3.05, 3.63) is 35.4 Å². The average Bonchev–Trinajstić information content (AvgIpc) is 2.35. The van der Waals surface area contributed by atoms with Crippen molar-refractivity contribution in [2.45, 2.75) is 52.6 Å². The van der Waals surface area contributed by atoms with Crippen molar-refractivity contribution in [1.82, 2.24) is 10.2 Å². The SMILES string of the molecule is CCC(NC(CC(C)C)CN(C)C)c1ccc(C)cc1. The van der Waals surface area contributed by atoms with Crippen molar-refractivity contribution in [1.29, 1.82) is 0 Å². The molecule has 20 heavy (non-hydrogen) atoms. The van der Waals surface area contributed by atoms with Crippen LogP contribution in [0.4, 0.5) is 0 Å². The lowest BCUT2D eigenvalue weighted by atomic mass is 9.98. The number of hydrogen-bond acceptors (Lipinski definition) is 2. The molecular formula is C18H32N2. The molecule has 2 nitrogen and oxygen atoms in total. The molecule has 0 radical (unpaired) electrons. The van der Waals surface area contributed by atoms with Crippen molar-refractivity contribution in [3.63, 3.8) is 0 Å². The quantitative estimate of drug-likeness (QED) is 0.771. The van der Waals surface area contributed by atoms with E-state index >= 15 is 0 Å². The first kappa shape index (κ1) is 17.2. The molecule has 2 unspecified atom stereocenters. The first-order chi connectivity index (χ1) is 9.42. The van der Waals surface area contributed by atoms with Crippen LogP contribution < -0.4 is 5.32 Å². The predicted molar refractivity (Wildman–Crippen MR) is 89.1 cm³/mol. The van der Waals surface area contributed by atoms with Gasteiger partial charge in [0.2, 0.25) is 0 Å². The van der Waals surface area contributed by atoms with E-state index in [4.69, 9.17) is 0 Å². The summed E-state index contributed by atoms with van der Waals surface area (Å²) in [6, 6.07) is 9.96. The minimum atomic E-state index is 0.458. The number of rotatable bonds is 8. The highest BCUT2D eigenvalue weighted by Crippen LogP contribution is 2.19. The van der Waals surface area contributed by atoms with Gasteiger partial charge in [-0.1, -0.05) is 50.6 Å². The molecule has 0 aliphatic carbocycles. The highest BCUT2D eigenvalue weighted by molar-refractivity contribution is 5.24. The molecule has 0 aromatic heterocycles. The monoisotopic (exact) mass is 276 g/mol. The van der Waals surface area contributed by atoms with E-state index in [0.717, 1.165) is 18.9 Å². The summed E-state index contributed by atoms with van der Waals surface area (Å²) in [5.74, 6) is 0.725. The summed E-state index contributed by atoms with van der Waals surface area (Å²) in [6.45, 7) is 10.1. The lowest BCUT2D eigenvalue weighted by molar-refractivity contribution is 0.284. The summed E-state index contributed by atoms with van der Waals surface area (Å²) in [5.41, 5.74) is 2.74. The molecule has 0 aliphatic heterocycles. The van der Waals surface area contributed by atoms with Crippen molar-refractivity contribution in [2.75, 3.05) is 20.6 Å². The van der Waals surface area contributed by atoms with E-state index in [0.29, 0.717) is 12.1 Å². The maximum Gasteiger partial charge on any atom is 0.0320 e. The van der Waals surface area contributed by atoms with E-state index in [9.17, 15) is 0 Å². The molecule has 0 amide bonds. The Morgan fingerprint density at radius 3 is 2.15 bits per heavy atom. The van der Waals surface area contributed by atoms with Crippen LogP contribution in [0, 0.1) is 12.8 Å². The highest BCUT2D eigenvalue weighted by atomic mass is 15.1. The molecule has 2 atom stereocenters. The van der Waals surface area contributed by atoms with Gasteiger partial charge in [0.1, 0.15) is 0 Å². The third-order valence-corrected chi connectivity index (χ3v) is 3.67. The van der Waals surface area contributed by atoms with Crippen molar-refractivity contribution in [3.8, 4) is 0 Å². The molecule has 0 spiro atoms. The summed E-state index contributed by atoms with van der Waals surface area (Å²) in [7, 11) is 4.31. The molecule has 1 aromatic rings. The lowest BCUT2D eigenvalue weighted by Crippen LogP contribution is -2.41. The van der Waals surface area contributed by atoms with Crippen LogP contribution in [0.25, 0.3) is 0 Å². The minimum absolute atomic E-state index is 0.458. The Kier molecular flexibility index (Phi) is 7.25. The van der Waals surface area contributed by atoms with Gasteiger partial charge in [0.05, 0.1) is 0 Å². The van der Waals surface area contributed by atoms with Crippen molar-refractivity contribution in [2.24, 2.45) is 5.92 Å². The Hall–Kier alpha value is -0.860. The smallest absolute Gasteiger partial charge is 0.0320 e. The summed E-state index contributed by atoms with van der Waals surface area (Å²) in [4.78, 5) is 2.28. The molecule has 0 saturated heterocycles. The van der Waals surface area contributed by atoms with Gasteiger partial charge in [-0.2, -0.15) is 0 Å². The molecule has 0 aliphatic rings. The van der Waals surface area contributed by atoms with Gasteiger partial charge >= 0.3 is 0 Å². The molecule has 2 heteroatoms. The number of likely N-dealkylation sites (N-methyl/N-ethyl adjacent to an activating group) is 1. The van der Waals surface area contributed by atoms with E-state index in [2.05, 4.69) is 76.3 Å². The van der Waals surface area contributed by atoms with Crippen LogP contribution >= 0.6 is 0 Å². The fraction of sp³-hybridized carbons (Fsp3) is 0.667. The molecule has 0 fully saturated rings. The van der Waals surface area contributed by atoms with Gasteiger partial charge in [-0.05, 0) is 45.3 Å². The van der Waals surface area contributed by atoms with Crippen LogP contribution in [-0.4, -0.2) is 31.6 Å². The number of benzene rings is 1. The molecule has 0 saturated carbocycles. The topological polar surface area (TPSA) is 15.3 Å². The fourth-order valence-corrected chi connectivity index (χ4v) is 2.74. The van der Waals surface area contributed by atoms with Gasteiger partial charge in [-0.3, -0.25) is 0 Å². The van der Waals surface area contributed by atoms with Gasteiger partial charge in [0.15, 0.2) is 0 Å². The lowest BCUT2D eigenvalue weighted by Gasteiger charge is -2.29. The normalized spacial score (nSPS) is 14.8. The number of nitrogens with one attached hydrogen (secondary N) is 1. The number of hydrogen-bond donors (Lipinski definition) is 1. The second kappa shape index (κ2) is 8.43. The molecular weight excluding hydrogens is 244 g/mol. The molecule has 0 bridgehead atoms. The Balaban J connectivity index is 2.74. The van der Waals surface area contributed by atoms with E-state index < -0.39 is 0 Å². The van der Waals surface area contributed by atoms with Gasteiger partial charge < -0.3 is 10.2 Å². The Labute approximate surface area is 125 Å². The Morgan fingerprint density at radius 1 is 1.10 bits per heavy atom. The maximum absolute atomic E-state index is 3.86. The van der Waals surface area contributed by atoms with E-state index in [1.807, 2.05) is 0 Å². The third kappa shape index (κ3) is 6.06. The van der Waals surface area contributed by atoms with E-state index in [1.165, 1.54) is 17.5 Å². The Morgan fingerprint density at radius 2 is 1.70 bits per heavy atom. The zero-order chi connectivity index (χ0) is 15.1. The standard InChI is InChI=1S/C18H32N2/c1-7-18(16-10-8-15(4)9-11-16)19-17(12-14(2)3)13-20(5)6/h8-11,14,17-19H,7,12-13H2,1-6H3. The molecule has 1 rings (SSSR count). The summed E-state index contributed by atoms with van der Waals surface area (Å²) >= 11 is 0. The molecule has 1 aromatic carbocycles. The first-order valence-corrected chi connectivity index (χ1v) is 7.89. The number of nitrogens with zero attached hydrogens (tertiary/aromatic N) is 1. The van der Waals surface area contributed by atoms with Crippen LogP contribution in [0.15, 0.2) is 24.3 Å². The highest BCUT2D eigenvalue weighted by Gasteiger charge is 2.17. The van der Waals surface area contributed by atoms with E-state index in [1.54, 1.807) is 0 Å². The van der Waals surface area contributed by atoms with Crippen molar-refractivity contribution < 1.29 is 0 Å². The second-order valence-electron chi connectivity index (χ2n) is 6.63. The Bertz CT molecular complexity index is 358. The number of aryl methyl sites for hydroxylation is 1. The summed E-state index contributed by atoms with van der Waals surface area (Å²) in [6.07, 6.45) is 2.35. The maximum atomic E-state index is 3.86. The fourth-order valence-electron chi connectivity index (χ4n) is 2.74. The van der Waals surface area contributed by atoms with Crippen LogP contribution in [0.1, 0.15) is 50.8 Å². The zero-order valence-corrected chi connectivity index (χ0v) is 14.1. The first-order valence-electron chi connectivity index (χ1n) is 7.89. The van der Waals surface area contributed by atoms with Gasteiger partial charge in [-0.15, -0.1) is 0 Å². The largest absolute Gasteiger partial charge is 0.308 e. The van der Waals surface area contributed by atoms with Crippen molar-refractivity contribution >= 4 is 0 Å². The second-order valence-corrected chi connectivity index (χ2v) is 6.63. The van der Waals surface area contributed by atoms with Gasteiger partial charge in [0.25, 0.3) is 0 Å². The predicted octanol–water partition coefficient (Wildman–Crippen LogP) is 4.01. The van der Waals surface area contributed by atoms with Gasteiger partial charge in [-0.25, -0.2) is 0 Å².